The number of aryl methyl sites for hydroxylation is 1. The van der Waals surface area contributed by atoms with Crippen LogP contribution in [0, 0.1) is 24.7 Å². The number of hydrogen-bond acceptors (Lipinski definition) is 5. The highest BCUT2D eigenvalue weighted by Crippen LogP contribution is 2.40. The molecule has 1 aromatic carbocycles. The summed E-state index contributed by atoms with van der Waals surface area (Å²) in [6.45, 7) is 10.5. The van der Waals surface area contributed by atoms with Crippen LogP contribution in [0.15, 0.2) is 83.1 Å². The molecule has 0 bridgehead atoms. The van der Waals surface area contributed by atoms with E-state index < -0.39 is 11.5 Å². The first kappa shape index (κ1) is 27.0. The van der Waals surface area contributed by atoms with Gasteiger partial charge in [-0.25, -0.2) is 0 Å². The third-order valence-electron chi connectivity index (χ3n) is 7.25. The summed E-state index contributed by atoms with van der Waals surface area (Å²) >= 11 is 0. The van der Waals surface area contributed by atoms with Gasteiger partial charge in [0.15, 0.2) is 5.78 Å². The Morgan fingerprint density at radius 2 is 1.95 bits per heavy atom. The van der Waals surface area contributed by atoms with Crippen LogP contribution in [0.2, 0.25) is 0 Å². The average molecular weight is 505 g/mol. The Morgan fingerprint density at radius 3 is 2.65 bits per heavy atom. The number of carbonyl (C=O) groups is 1. The second-order valence-corrected chi connectivity index (χ2v) is 10.9. The lowest BCUT2D eigenvalue weighted by molar-refractivity contribution is -0.126. The van der Waals surface area contributed by atoms with Gasteiger partial charge in [-0.2, -0.15) is 0 Å². The molecule has 5 heteroatoms. The number of allylic oxidation sites excluding steroid dienone is 6. The monoisotopic (exact) mass is 504 g/mol. The summed E-state index contributed by atoms with van der Waals surface area (Å²) in [5, 5.41) is 10.1. The van der Waals surface area contributed by atoms with E-state index in [-0.39, 0.29) is 30.8 Å². The van der Waals surface area contributed by atoms with Gasteiger partial charge >= 0.3 is 0 Å². The second-order valence-electron chi connectivity index (χ2n) is 10.9. The van der Waals surface area contributed by atoms with Gasteiger partial charge in [0.05, 0.1) is 18.1 Å². The predicted molar refractivity (Wildman–Crippen MR) is 145 cm³/mol. The van der Waals surface area contributed by atoms with Crippen LogP contribution in [-0.4, -0.2) is 29.7 Å². The molecule has 1 heterocycles. The van der Waals surface area contributed by atoms with Crippen LogP contribution >= 0.6 is 0 Å². The highest BCUT2D eigenvalue weighted by Gasteiger charge is 2.36. The first-order valence-corrected chi connectivity index (χ1v) is 13.4. The summed E-state index contributed by atoms with van der Waals surface area (Å²) in [6, 6.07) is 8.25. The van der Waals surface area contributed by atoms with Crippen molar-refractivity contribution < 1.29 is 24.1 Å². The number of ketones is 1. The number of aliphatic hydroxyl groups excluding tert-OH is 1. The zero-order valence-electron chi connectivity index (χ0n) is 22.8. The molecule has 5 nitrogen and oxygen atoms in total. The van der Waals surface area contributed by atoms with Gasteiger partial charge in [0.1, 0.15) is 36.1 Å². The maximum absolute atomic E-state index is 13.5. The molecule has 1 N–H and O–H groups in total. The van der Waals surface area contributed by atoms with Crippen LogP contribution in [-0.2, 0) is 25.6 Å². The van der Waals surface area contributed by atoms with E-state index in [0.29, 0.717) is 24.5 Å². The molecular formula is C32H40O5. The molecule has 0 radical (unpaired) electrons. The lowest BCUT2D eigenvalue weighted by Gasteiger charge is -2.36. The van der Waals surface area contributed by atoms with Gasteiger partial charge in [0.25, 0.3) is 0 Å². The Balaban J connectivity index is 1.51. The van der Waals surface area contributed by atoms with Crippen molar-refractivity contribution >= 4 is 5.78 Å². The minimum atomic E-state index is -0.416. The summed E-state index contributed by atoms with van der Waals surface area (Å²) in [4.78, 5) is 13.5. The van der Waals surface area contributed by atoms with Crippen molar-refractivity contribution in [1.82, 2.24) is 0 Å². The van der Waals surface area contributed by atoms with Crippen molar-refractivity contribution in [1.29, 1.82) is 0 Å². The van der Waals surface area contributed by atoms with Gasteiger partial charge in [0.2, 0.25) is 0 Å². The average Bonchev–Trinajstić information content (AvgIpc) is 2.86. The maximum atomic E-state index is 13.5. The Labute approximate surface area is 221 Å². The number of Topliss-reactive ketones (excluding diaryl/α,β-unsaturated/α-hetero) is 1. The molecule has 0 spiro atoms. The molecule has 3 atom stereocenters. The van der Waals surface area contributed by atoms with Gasteiger partial charge in [-0.3, -0.25) is 4.79 Å². The summed E-state index contributed by atoms with van der Waals surface area (Å²) in [6.07, 6.45) is 12.8. The molecular weight excluding hydrogens is 464 g/mol. The van der Waals surface area contributed by atoms with Crippen molar-refractivity contribution in [2.24, 2.45) is 17.8 Å². The Kier molecular flexibility index (Phi) is 8.43. The minimum Gasteiger partial charge on any atom is -0.492 e. The van der Waals surface area contributed by atoms with Crippen LogP contribution in [0.5, 0.6) is 0 Å². The first-order chi connectivity index (χ1) is 17.7. The fourth-order valence-corrected chi connectivity index (χ4v) is 5.02. The standard InChI is InChI=1S/C32H40O5/c1-6-7-23-12-13-25(29(17-23)35-19-24-10-8-21(2)9-11-24)28(34)20-36-31-26-14-15-32(4,5)37-30(26)16-22(3)27(31)18-33/h8-12,14-17,22,25,27,33H,6-7,13,18-20H2,1-5H3. The smallest absolute Gasteiger partial charge is 0.181 e. The van der Waals surface area contributed by atoms with E-state index in [2.05, 4.69) is 44.2 Å². The maximum Gasteiger partial charge on any atom is 0.181 e. The van der Waals surface area contributed by atoms with E-state index in [1.54, 1.807) is 0 Å². The normalized spacial score (nSPS) is 24.4. The molecule has 0 aromatic heterocycles. The number of rotatable bonds is 10. The first-order valence-electron chi connectivity index (χ1n) is 13.4. The lowest BCUT2D eigenvalue weighted by atomic mass is 9.83. The fraction of sp³-hybridized carbons (Fsp3) is 0.469. The Hall–Kier alpha value is -3.05. The van der Waals surface area contributed by atoms with E-state index in [4.69, 9.17) is 14.2 Å². The zero-order chi connectivity index (χ0) is 26.6. The van der Waals surface area contributed by atoms with Crippen LogP contribution in [0.4, 0.5) is 0 Å². The minimum absolute atomic E-state index is 0.0265. The van der Waals surface area contributed by atoms with Crippen LogP contribution in [0.25, 0.3) is 0 Å². The van der Waals surface area contributed by atoms with E-state index >= 15 is 0 Å². The van der Waals surface area contributed by atoms with Crippen molar-refractivity contribution in [3.63, 3.8) is 0 Å². The molecule has 0 amide bonds. The Morgan fingerprint density at radius 1 is 1.19 bits per heavy atom. The van der Waals surface area contributed by atoms with Crippen molar-refractivity contribution in [3.05, 3.63) is 94.2 Å². The Bertz CT molecular complexity index is 1150. The molecule has 4 rings (SSSR count). The molecule has 198 valence electrons. The summed E-state index contributed by atoms with van der Waals surface area (Å²) in [5.41, 5.74) is 3.87. The summed E-state index contributed by atoms with van der Waals surface area (Å²) < 4.78 is 18.6. The van der Waals surface area contributed by atoms with Gasteiger partial charge in [-0.1, -0.05) is 56.2 Å². The molecule has 1 aromatic rings. The number of fused-ring (bicyclic) bond motifs is 1. The van der Waals surface area contributed by atoms with E-state index in [1.165, 1.54) is 11.1 Å². The highest BCUT2D eigenvalue weighted by molar-refractivity contribution is 5.85. The molecule has 3 unspecified atom stereocenters. The van der Waals surface area contributed by atoms with E-state index in [9.17, 15) is 9.90 Å². The molecule has 0 saturated carbocycles. The number of benzene rings is 1. The lowest BCUT2D eigenvalue weighted by Crippen LogP contribution is -2.32. The topological polar surface area (TPSA) is 65.0 Å². The number of hydrogen-bond donors (Lipinski definition) is 1. The highest BCUT2D eigenvalue weighted by atomic mass is 16.5. The molecule has 0 fully saturated rings. The zero-order valence-corrected chi connectivity index (χ0v) is 22.8. The largest absolute Gasteiger partial charge is 0.492 e. The third kappa shape index (κ3) is 6.45. The number of ether oxygens (including phenoxy) is 3. The summed E-state index contributed by atoms with van der Waals surface area (Å²) in [5.74, 6) is 1.45. The predicted octanol–water partition coefficient (Wildman–Crippen LogP) is 6.49. The van der Waals surface area contributed by atoms with Crippen LogP contribution in [0.3, 0.4) is 0 Å². The van der Waals surface area contributed by atoms with Crippen molar-refractivity contribution in [2.75, 3.05) is 13.2 Å². The molecule has 0 saturated heterocycles. The van der Waals surface area contributed by atoms with Crippen molar-refractivity contribution in [2.45, 2.75) is 66.1 Å². The molecule has 2 aliphatic carbocycles. The van der Waals surface area contributed by atoms with Gasteiger partial charge in [-0.15, -0.1) is 0 Å². The summed E-state index contributed by atoms with van der Waals surface area (Å²) in [7, 11) is 0. The van der Waals surface area contributed by atoms with Crippen molar-refractivity contribution in [3.8, 4) is 0 Å². The van der Waals surface area contributed by atoms with Gasteiger partial charge in [-0.05, 0) is 75.0 Å². The van der Waals surface area contributed by atoms with Gasteiger partial charge < -0.3 is 19.3 Å². The third-order valence-corrected chi connectivity index (χ3v) is 7.25. The molecule has 37 heavy (non-hydrogen) atoms. The van der Waals surface area contributed by atoms with E-state index in [1.807, 2.05) is 45.1 Å². The quantitative estimate of drug-likeness (QED) is 0.395. The SMILES string of the molecule is CCCC1=CCC(C(=O)COC2=C3C=CC(C)(C)OC3=CC(C)C2CO)C(OCc2ccc(C)cc2)=C1. The van der Waals surface area contributed by atoms with Crippen LogP contribution < -0.4 is 0 Å². The molecule has 3 aliphatic rings. The van der Waals surface area contributed by atoms with Crippen LogP contribution in [0.1, 0.15) is 58.1 Å². The van der Waals surface area contributed by atoms with E-state index in [0.717, 1.165) is 29.7 Å². The fourth-order valence-electron chi connectivity index (χ4n) is 5.02. The second kappa shape index (κ2) is 11.6. The molecule has 1 aliphatic heterocycles. The van der Waals surface area contributed by atoms with Gasteiger partial charge in [0, 0.05) is 5.92 Å². The number of aliphatic hydroxyl groups is 1. The number of carbonyl (C=O) groups excluding carboxylic acids is 1.